The van der Waals surface area contributed by atoms with E-state index in [1.54, 1.807) is 17.2 Å². The minimum absolute atomic E-state index is 0.164. The number of hydrogen-bond donors (Lipinski definition) is 0. The molecule has 174 valence electrons. The first-order valence-corrected chi connectivity index (χ1v) is 11.7. The first-order valence-electron chi connectivity index (χ1n) is 11.7. The third-order valence-electron chi connectivity index (χ3n) is 5.52. The number of carbonyl (C=O) groups is 1. The topological polar surface area (TPSA) is 77.7 Å². The maximum Gasteiger partial charge on any atom is 0.292 e. The number of para-hydroxylation sites is 2. The summed E-state index contributed by atoms with van der Waals surface area (Å²) >= 11 is 0. The van der Waals surface area contributed by atoms with Crippen LogP contribution >= 0.6 is 0 Å². The van der Waals surface area contributed by atoms with Gasteiger partial charge in [-0.2, -0.15) is 0 Å². The molecule has 3 heterocycles. The molecule has 0 N–H and O–H groups in total. The zero-order chi connectivity index (χ0) is 23.0. The van der Waals surface area contributed by atoms with Gasteiger partial charge in [0.25, 0.3) is 5.91 Å². The highest BCUT2D eigenvalue weighted by molar-refractivity contribution is 5.91. The van der Waals surface area contributed by atoms with Gasteiger partial charge in [-0.25, -0.2) is 4.98 Å². The predicted octanol–water partition coefficient (Wildman–Crippen LogP) is 5.66. The number of amides is 1. The minimum Gasteiger partial charge on any atom is -0.490 e. The van der Waals surface area contributed by atoms with Crippen LogP contribution in [0.2, 0.25) is 0 Å². The molecule has 0 aliphatic carbocycles. The molecule has 7 nitrogen and oxygen atoms in total. The SMILES string of the molecule is CC(C)Cc1cc(C(=O)N2CCCCCCOc3ccccc3Oc3ncccc3C2)on1. The van der Waals surface area contributed by atoms with Crippen LogP contribution in [0, 0.1) is 5.92 Å². The second kappa shape index (κ2) is 11.0. The van der Waals surface area contributed by atoms with Gasteiger partial charge in [-0.3, -0.25) is 4.79 Å². The van der Waals surface area contributed by atoms with E-state index in [2.05, 4.69) is 24.0 Å². The Balaban J connectivity index is 1.61. The van der Waals surface area contributed by atoms with Gasteiger partial charge >= 0.3 is 0 Å². The van der Waals surface area contributed by atoms with Gasteiger partial charge in [0.1, 0.15) is 0 Å². The van der Waals surface area contributed by atoms with Crippen LogP contribution in [-0.2, 0) is 13.0 Å². The molecule has 0 bridgehead atoms. The number of aromatic nitrogens is 2. The van der Waals surface area contributed by atoms with Gasteiger partial charge in [-0.05, 0) is 43.4 Å². The maximum absolute atomic E-state index is 13.4. The number of rotatable bonds is 3. The molecule has 0 fully saturated rings. The maximum atomic E-state index is 13.4. The fraction of sp³-hybridized carbons (Fsp3) is 0.423. The van der Waals surface area contributed by atoms with Gasteiger partial charge in [0.15, 0.2) is 11.5 Å². The van der Waals surface area contributed by atoms with Crippen molar-refractivity contribution >= 4 is 5.91 Å². The van der Waals surface area contributed by atoms with E-state index in [-0.39, 0.29) is 11.7 Å². The van der Waals surface area contributed by atoms with Gasteiger partial charge in [-0.1, -0.05) is 50.0 Å². The van der Waals surface area contributed by atoms with Crippen LogP contribution < -0.4 is 9.47 Å². The molecule has 0 saturated heterocycles. The summed E-state index contributed by atoms with van der Waals surface area (Å²) < 4.78 is 17.5. The quantitative estimate of drug-likeness (QED) is 0.514. The highest BCUT2D eigenvalue weighted by Gasteiger charge is 2.23. The number of ether oxygens (including phenoxy) is 2. The van der Waals surface area contributed by atoms with E-state index < -0.39 is 0 Å². The lowest BCUT2D eigenvalue weighted by molar-refractivity contribution is 0.0696. The first kappa shape index (κ1) is 22.8. The lowest BCUT2D eigenvalue weighted by atomic mass is 10.1. The van der Waals surface area contributed by atoms with Gasteiger partial charge in [-0.15, -0.1) is 0 Å². The molecule has 0 saturated carbocycles. The summed E-state index contributed by atoms with van der Waals surface area (Å²) in [5.74, 6) is 2.32. The van der Waals surface area contributed by atoms with Crippen LogP contribution in [0.4, 0.5) is 0 Å². The van der Waals surface area contributed by atoms with E-state index >= 15 is 0 Å². The Morgan fingerprint density at radius 1 is 1.06 bits per heavy atom. The van der Waals surface area contributed by atoms with Gasteiger partial charge in [0.05, 0.1) is 18.8 Å². The minimum atomic E-state index is -0.164. The van der Waals surface area contributed by atoms with E-state index in [4.69, 9.17) is 14.0 Å². The van der Waals surface area contributed by atoms with Crippen LogP contribution in [0.3, 0.4) is 0 Å². The highest BCUT2D eigenvalue weighted by Crippen LogP contribution is 2.32. The average molecular weight is 450 g/mol. The molecule has 0 radical (unpaired) electrons. The number of pyridine rings is 1. The molecule has 1 aromatic carbocycles. The Morgan fingerprint density at radius 2 is 1.88 bits per heavy atom. The molecule has 1 aliphatic heterocycles. The Labute approximate surface area is 194 Å². The molecular weight excluding hydrogens is 418 g/mol. The molecule has 0 unspecified atom stereocenters. The Morgan fingerprint density at radius 3 is 2.73 bits per heavy atom. The van der Waals surface area contributed by atoms with Crippen LogP contribution in [-0.4, -0.2) is 34.1 Å². The standard InChI is InChI=1S/C26H31N3O4/c1-19(2)16-21-17-24(33-28-21)26(30)29-14-7-3-4-8-15-31-22-11-5-6-12-23(22)32-25-20(18-29)10-9-13-27-25/h5-6,9-13,17,19H,3-4,7-8,14-16,18H2,1-2H3. The van der Waals surface area contributed by atoms with Crippen molar-refractivity contribution in [1.29, 1.82) is 0 Å². The van der Waals surface area contributed by atoms with E-state index in [1.165, 1.54) is 0 Å². The van der Waals surface area contributed by atoms with Crippen molar-refractivity contribution in [2.75, 3.05) is 13.2 Å². The van der Waals surface area contributed by atoms with Crippen molar-refractivity contribution in [2.24, 2.45) is 5.92 Å². The van der Waals surface area contributed by atoms with E-state index in [1.807, 2.05) is 36.4 Å². The van der Waals surface area contributed by atoms with Crippen LogP contribution in [0.15, 0.2) is 53.2 Å². The smallest absolute Gasteiger partial charge is 0.292 e. The summed E-state index contributed by atoms with van der Waals surface area (Å²) in [6.45, 7) is 5.83. The lowest BCUT2D eigenvalue weighted by Crippen LogP contribution is -2.31. The third kappa shape index (κ3) is 6.12. The molecule has 2 aromatic heterocycles. The molecule has 3 aromatic rings. The van der Waals surface area contributed by atoms with Gasteiger partial charge in [0.2, 0.25) is 11.6 Å². The second-order valence-corrected chi connectivity index (χ2v) is 8.79. The van der Waals surface area contributed by atoms with E-state index in [0.29, 0.717) is 43.0 Å². The second-order valence-electron chi connectivity index (χ2n) is 8.79. The number of nitrogens with zero attached hydrogens (tertiary/aromatic N) is 3. The highest BCUT2D eigenvalue weighted by atomic mass is 16.5. The number of fused-ring (bicyclic) bond motifs is 2. The average Bonchev–Trinajstić information content (AvgIpc) is 3.26. The zero-order valence-electron chi connectivity index (χ0n) is 19.3. The van der Waals surface area contributed by atoms with Crippen molar-refractivity contribution < 1.29 is 18.8 Å². The summed E-state index contributed by atoms with van der Waals surface area (Å²) in [7, 11) is 0. The number of hydrogen-bond acceptors (Lipinski definition) is 6. The third-order valence-corrected chi connectivity index (χ3v) is 5.52. The summed E-state index contributed by atoms with van der Waals surface area (Å²) in [6, 6.07) is 13.2. The summed E-state index contributed by atoms with van der Waals surface area (Å²) in [5.41, 5.74) is 1.62. The molecule has 33 heavy (non-hydrogen) atoms. The predicted molar refractivity (Wildman–Crippen MR) is 125 cm³/mol. The summed E-state index contributed by atoms with van der Waals surface area (Å²) in [6.07, 6.45) is 6.35. The summed E-state index contributed by atoms with van der Waals surface area (Å²) in [4.78, 5) is 19.6. The fourth-order valence-corrected chi connectivity index (χ4v) is 3.88. The Kier molecular flexibility index (Phi) is 7.60. The van der Waals surface area contributed by atoms with Crippen molar-refractivity contribution in [2.45, 2.75) is 52.5 Å². The van der Waals surface area contributed by atoms with Crippen molar-refractivity contribution in [3.05, 3.63) is 65.7 Å². The van der Waals surface area contributed by atoms with Gasteiger partial charge in [0, 0.05) is 24.4 Å². The molecular formula is C26H31N3O4. The first-order chi connectivity index (χ1) is 16.1. The monoisotopic (exact) mass is 449 g/mol. The molecule has 1 aliphatic rings. The lowest BCUT2D eigenvalue weighted by Gasteiger charge is -2.23. The Bertz CT molecular complexity index is 1060. The van der Waals surface area contributed by atoms with Crippen LogP contribution in [0.1, 0.15) is 61.3 Å². The van der Waals surface area contributed by atoms with Crippen LogP contribution in [0.25, 0.3) is 0 Å². The molecule has 4 rings (SSSR count). The largest absolute Gasteiger partial charge is 0.490 e. The van der Waals surface area contributed by atoms with Gasteiger partial charge < -0.3 is 18.9 Å². The molecule has 0 atom stereocenters. The van der Waals surface area contributed by atoms with Crippen LogP contribution in [0.5, 0.6) is 17.4 Å². The molecule has 0 spiro atoms. The van der Waals surface area contributed by atoms with Crippen molar-refractivity contribution in [3.63, 3.8) is 0 Å². The van der Waals surface area contributed by atoms with Crippen molar-refractivity contribution in [1.82, 2.24) is 15.0 Å². The molecule has 7 heteroatoms. The zero-order valence-corrected chi connectivity index (χ0v) is 19.3. The summed E-state index contributed by atoms with van der Waals surface area (Å²) in [5, 5.41) is 4.09. The number of carbonyl (C=O) groups excluding carboxylic acids is 1. The van der Waals surface area contributed by atoms with E-state index in [0.717, 1.165) is 43.4 Å². The van der Waals surface area contributed by atoms with Crippen molar-refractivity contribution in [3.8, 4) is 17.4 Å². The molecule has 1 amide bonds. The van der Waals surface area contributed by atoms with E-state index in [9.17, 15) is 4.79 Å². The number of benzene rings is 1. The normalized spacial score (nSPS) is 15.1. The fourth-order valence-electron chi connectivity index (χ4n) is 3.88. The Hall–Kier alpha value is -3.35.